The van der Waals surface area contributed by atoms with Gasteiger partial charge in [0, 0.05) is 11.6 Å². The fourth-order valence-corrected chi connectivity index (χ4v) is 2.66. The number of fused-ring (bicyclic) bond motifs is 1. The Bertz CT molecular complexity index is 535. The standard InChI is InChI=1S/C15H17FN2/c16-15(12-5-8-17-9-6-12)13-4-3-11-2-1-7-18-14(11)10-13/h1-4,7,10,12,15,17H,5-6,8-9H2. The number of nitrogens with zero attached hydrogens (tertiary/aromatic N) is 1. The molecule has 1 N–H and O–H groups in total. The summed E-state index contributed by atoms with van der Waals surface area (Å²) in [7, 11) is 0. The van der Waals surface area contributed by atoms with Gasteiger partial charge in [-0.15, -0.1) is 0 Å². The summed E-state index contributed by atoms with van der Waals surface area (Å²) in [4.78, 5) is 4.29. The van der Waals surface area contributed by atoms with Crippen LogP contribution in [0.5, 0.6) is 0 Å². The van der Waals surface area contributed by atoms with Gasteiger partial charge in [0.2, 0.25) is 0 Å². The van der Waals surface area contributed by atoms with E-state index in [4.69, 9.17) is 0 Å². The summed E-state index contributed by atoms with van der Waals surface area (Å²) in [5, 5.41) is 4.34. The third-order valence-electron chi connectivity index (χ3n) is 3.75. The number of piperidine rings is 1. The number of hydrogen-bond donors (Lipinski definition) is 1. The Morgan fingerprint density at radius 2 is 2.06 bits per heavy atom. The summed E-state index contributed by atoms with van der Waals surface area (Å²) >= 11 is 0. The number of halogens is 1. The molecule has 2 heterocycles. The van der Waals surface area contributed by atoms with E-state index in [1.54, 1.807) is 6.20 Å². The molecule has 0 bridgehead atoms. The fraction of sp³-hybridized carbons (Fsp3) is 0.400. The molecular formula is C15H17FN2. The van der Waals surface area contributed by atoms with Crippen LogP contribution < -0.4 is 5.32 Å². The van der Waals surface area contributed by atoms with Crippen LogP contribution in [0.1, 0.15) is 24.6 Å². The van der Waals surface area contributed by atoms with E-state index in [0.717, 1.165) is 42.4 Å². The number of aromatic nitrogens is 1. The molecule has 1 aromatic heterocycles. The molecule has 1 fully saturated rings. The summed E-state index contributed by atoms with van der Waals surface area (Å²) in [6, 6.07) is 9.66. The van der Waals surface area contributed by atoms with Crippen molar-refractivity contribution in [1.82, 2.24) is 10.3 Å². The minimum absolute atomic E-state index is 0.146. The lowest BCUT2D eigenvalue weighted by atomic mass is 9.89. The fourth-order valence-electron chi connectivity index (χ4n) is 2.66. The van der Waals surface area contributed by atoms with Gasteiger partial charge in [0.25, 0.3) is 0 Å². The first kappa shape index (κ1) is 11.6. The molecule has 0 amide bonds. The van der Waals surface area contributed by atoms with Crippen LogP contribution in [0.2, 0.25) is 0 Å². The third kappa shape index (κ3) is 2.23. The summed E-state index contributed by atoms with van der Waals surface area (Å²) < 4.78 is 14.5. The zero-order valence-corrected chi connectivity index (χ0v) is 10.3. The Labute approximate surface area is 106 Å². The van der Waals surface area contributed by atoms with Crippen molar-refractivity contribution < 1.29 is 4.39 Å². The number of hydrogen-bond acceptors (Lipinski definition) is 2. The van der Waals surface area contributed by atoms with Gasteiger partial charge in [0.1, 0.15) is 6.17 Å². The molecule has 3 heteroatoms. The van der Waals surface area contributed by atoms with E-state index < -0.39 is 6.17 Å². The molecule has 1 aromatic carbocycles. The lowest BCUT2D eigenvalue weighted by Gasteiger charge is -2.26. The molecule has 1 aliphatic rings. The van der Waals surface area contributed by atoms with Crippen LogP contribution >= 0.6 is 0 Å². The number of pyridine rings is 1. The van der Waals surface area contributed by atoms with Crippen molar-refractivity contribution >= 4 is 10.9 Å². The number of alkyl halides is 1. The average Bonchev–Trinajstić information content (AvgIpc) is 2.47. The van der Waals surface area contributed by atoms with E-state index in [0.29, 0.717) is 0 Å². The van der Waals surface area contributed by atoms with Gasteiger partial charge in [-0.05, 0) is 49.5 Å². The molecule has 94 valence electrons. The molecular weight excluding hydrogens is 227 g/mol. The Morgan fingerprint density at radius 3 is 2.89 bits per heavy atom. The van der Waals surface area contributed by atoms with Crippen molar-refractivity contribution in [2.24, 2.45) is 5.92 Å². The highest BCUT2D eigenvalue weighted by atomic mass is 19.1. The highest BCUT2D eigenvalue weighted by molar-refractivity contribution is 5.78. The van der Waals surface area contributed by atoms with Crippen molar-refractivity contribution in [2.75, 3.05) is 13.1 Å². The Hall–Kier alpha value is -1.48. The smallest absolute Gasteiger partial charge is 0.128 e. The normalized spacial score (nSPS) is 18.9. The topological polar surface area (TPSA) is 24.9 Å². The largest absolute Gasteiger partial charge is 0.317 e. The lowest BCUT2D eigenvalue weighted by Crippen LogP contribution is -2.29. The molecule has 18 heavy (non-hydrogen) atoms. The van der Waals surface area contributed by atoms with Crippen molar-refractivity contribution in [3.05, 3.63) is 42.1 Å². The summed E-state index contributed by atoms with van der Waals surface area (Å²) in [5.74, 6) is 0.146. The van der Waals surface area contributed by atoms with Gasteiger partial charge in [-0.1, -0.05) is 18.2 Å². The van der Waals surface area contributed by atoms with E-state index in [2.05, 4.69) is 10.3 Å². The van der Waals surface area contributed by atoms with E-state index >= 15 is 0 Å². The number of rotatable bonds is 2. The van der Waals surface area contributed by atoms with Crippen molar-refractivity contribution in [3.63, 3.8) is 0 Å². The zero-order valence-electron chi connectivity index (χ0n) is 10.3. The second-order valence-corrected chi connectivity index (χ2v) is 4.94. The highest BCUT2D eigenvalue weighted by Crippen LogP contribution is 2.33. The number of nitrogens with one attached hydrogen (secondary N) is 1. The maximum absolute atomic E-state index is 14.5. The molecule has 2 aromatic rings. The number of benzene rings is 1. The second kappa shape index (κ2) is 5.02. The van der Waals surface area contributed by atoms with Crippen LogP contribution in [0.4, 0.5) is 4.39 Å². The summed E-state index contributed by atoms with van der Waals surface area (Å²) in [6.45, 7) is 1.85. The molecule has 0 aliphatic carbocycles. The van der Waals surface area contributed by atoms with E-state index in [1.807, 2.05) is 30.3 Å². The SMILES string of the molecule is FC(c1ccc2cccnc2c1)C1CCNCC1. The molecule has 1 unspecified atom stereocenters. The second-order valence-electron chi connectivity index (χ2n) is 4.94. The molecule has 1 atom stereocenters. The molecule has 1 aliphatic heterocycles. The summed E-state index contributed by atoms with van der Waals surface area (Å²) in [5.41, 5.74) is 1.65. The average molecular weight is 244 g/mol. The highest BCUT2D eigenvalue weighted by Gasteiger charge is 2.24. The van der Waals surface area contributed by atoms with Crippen LogP contribution in [-0.4, -0.2) is 18.1 Å². The van der Waals surface area contributed by atoms with Gasteiger partial charge in [-0.2, -0.15) is 0 Å². The van der Waals surface area contributed by atoms with Crippen molar-refractivity contribution in [2.45, 2.75) is 19.0 Å². The van der Waals surface area contributed by atoms with Gasteiger partial charge >= 0.3 is 0 Å². The first-order valence-corrected chi connectivity index (χ1v) is 6.54. The van der Waals surface area contributed by atoms with Crippen LogP contribution in [0.15, 0.2) is 36.5 Å². The van der Waals surface area contributed by atoms with Crippen LogP contribution in [0, 0.1) is 5.92 Å². The predicted octanol–water partition coefficient (Wildman–Crippen LogP) is 3.25. The molecule has 0 saturated carbocycles. The van der Waals surface area contributed by atoms with Gasteiger partial charge in [0.15, 0.2) is 0 Å². The van der Waals surface area contributed by atoms with Crippen molar-refractivity contribution in [3.8, 4) is 0 Å². The van der Waals surface area contributed by atoms with E-state index in [1.165, 1.54) is 0 Å². The van der Waals surface area contributed by atoms with Gasteiger partial charge in [-0.3, -0.25) is 4.98 Å². The Morgan fingerprint density at radius 1 is 1.22 bits per heavy atom. The molecule has 1 saturated heterocycles. The maximum Gasteiger partial charge on any atom is 0.128 e. The Balaban J connectivity index is 1.88. The van der Waals surface area contributed by atoms with E-state index in [9.17, 15) is 4.39 Å². The minimum atomic E-state index is -0.862. The minimum Gasteiger partial charge on any atom is -0.317 e. The Kier molecular flexibility index (Phi) is 3.24. The monoisotopic (exact) mass is 244 g/mol. The molecule has 0 radical (unpaired) electrons. The van der Waals surface area contributed by atoms with E-state index in [-0.39, 0.29) is 5.92 Å². The first-order chi connectivity index (χ1) is 8.84. The predicted molar refractivity (Wildman–Crippen MR) is 71.2 cm³/mol. The van der Waals surface area contributed by atoms with Gasteiger partial charge < -0.3 is 5.32 Å². The molecule has 2 nitrogen and oxygen atoms in total. The van der Waals surface area contributed by atoms with Gasteiger partial charge in [-0.25, -0.2) is 4.39 Å². The van der Waals surface area contributed by atoms with Crippen LogP contribution in [0.25, 0.3) is 10.9 Å². The quantitative estimate of drug-likeness (QED) is 0.877. The van der Waals surface area contributed by atoms with Gasteiger partial charge in [0.05, 0.1) is 5.52 Å². The first-order valence-electron chi connectivity index (χ1n) is 6.54. The third-order valence-corrected chi connectivity index (χ3v) is 3.75. The van der Waals surface area contributed by atoms with Crippen LogP contribution in [0.3, 0.4) is 0 Å². The maximum atomic E-state index is 14.5. The lowest BCUT2D eigenvalue weighted by molar-refractivity contribution is 0.190. The zero-order chi connectivity index (χ0) is 12.4. The molecule has 0 spiro atoms. The van der Waals surface area contributed by atoms with Crippen molar-refractivity contribution in [1.29, 1.82) is 0 Å². The summed E-state index contributed by atoms with van der Waals surface area (Å²) in [6.07, 6.45) is 2.73. The molecule has 3 rings (SSSR count). The van der Waals surface area contributed by atoms with Crippen LogP contribution in [-0.2, 0) is 0 Å².